The van der Waals surface area contributed by atoms with Crippen LogP contribution in [0, 0.1) is 5.41 Å². The van der Waals surface area contributed by atoms with Crippen LogP contribution in [0.4, 0.5) is 13.2 Å². The average molecular weight is 414 g/mol. The molecule has 1 aliphatic carbocycles. The first-order valence-corrected chi connectivity index (χ1v) is 9.35. The Bertz CT molecular complexity index is 1020. The van der Waals surface area contributed by atoms with E-state index in [1.54, 1.807) is 42.5 Å². The van der Waals surface area contributed by atoms with Crippen molar-refractivity contribution in [3.05, 3.63) is 89.0 Å². The number of benzene rings is 2. The first kappa shape index (κ1) is 21.4. The summed E-state index contributed by atoms with van der Waals surface area (Å²) in [6.45, 7) is 0. The summed E-state index contributed by atoms with van der Waals surface area (Å²) in [5, 5.41) is 0. The van der Waals surface area contributed by atoms with Crippen molar-refractivity contribution in [3.8, 4) is 0 Å². The smallest absolute Gasteiger partial charge is 0.369 e. The van der Waals surface area contributed by atoms with Crippen molar-refractivity contribution in [2.75, 3.05) is 0 Å². The van der Waals surface area contributed by atoms with Gasteiger partial charge in [-0.1, -0.05) is 48.6 Å². The summed E-state index contributed by atoms with van der Waals surface area (Å²) in [7, 11) is 0. The highest BCUT2D eigenvalue weighted by molar-refractivity contribution is 5.93. The number of amides is 2. The van der Waals surface area contributed by atoms with E-state index in [2.05, 4.69) is 0 Å². The number of hydrogen-bond acceptors (Lipinski definition) is 2. The molecule has 0 fully saturated rings. The van der Waals surface area contributed by atoms with Gasteiger partial charge in [0.05, 0.1) is 11.0 Å². The third-order valence-electron chi connectivity index (χ3n) is 5.36. The topological polar surface area (TPSA) is 86.2 Å². The predicted molar refractivity (Wildman–Crippen MR) is 108 cm³/mol. The summed E-state index contributed by atoms with van der Waals surface area (Å²) in [5.41, 5.74) is 11.8. The van der Waals surface area contributed by atoms with Crippen molar-refractivity contribution in [2.24, 2.45) is 16.9 Å². The number of nitrogens with two attached hydrogens (primary N) is 2. The zero-order chi connectivity index (χ0) is 21.9. The summed E-state index contributed by atoms with van der Waals surface area (Å²) in [4.78, 5) is 23.6. The van der Waals surface area contributed by atoms with Crippen molar-refractivity contribution in [1.82, 2.24) is 0 Å². The SMILES string of the molecule is NC(=O)c1ccc(C2=CC=CC(CCc3cccc(C(F)(F)F)c3)(C(N)=O)C2)cc1. The average Bonchev–Trinajstić information content (AvgIpc) is 2.72. The van der Waals surface area contributed by atoms with E-state index in [4.69, 9.17) is 11.5 Å². The van der Waals surface area contributed by atoms with Gasteiger partial charge < -0.3 is 11.5 Å². The number of carbonyl (C=O) groups excluding carboxylic acids is 2. The van der Waals surface area contributed by atoms with Gasteiger partial charge in [0.15, 0.2) is 0 Å². The lowest BCUT2D eigenvalue weighted by Crippen LogP contribution is -2.37. The molecule has 156 valence electrons. The van der Waals surface area contributed by atoms with Gasteiger partial charge in [-0.05, 0) is 54.2 Å². The Hall–Kier alpha value is -3.35. The van der Waals surface area contributed by atoms with Crippen LogP contribution in [0.25, 0.3) is 5.57 Å². The van der Waals surface area contributed by atoms with Gasteiger partial charge in [-0.3, -0.25) is 9.59 Å². The van der Waals surface area contributed by atoms with Crippen molar-refractivity contribution in [2.45, 2.75) is 25.4 Å². The molecule has 0 bridgehead atoms. The molecule has 30 heavy (non-hydrogen) atoms. The van der Waals surface area contributed by atoms with Crippen LogP contribution in [-0.4, -0.2) is 11.8 Å². The Balaban J connectivity index is 1.80. The summed E-state index contributed by atoms with van der Waals surface area (Å²) >= 11 is 0. The van der Waals surface area contributed by atoms with E-state index in [0.717, 1.165) is 23.3 Å². The predicted octanol–water partition coefficient (Wildman–Crippen LogP) is 4.25. The van der Waals surface area contributed by atoms with E-state index in [9.17, 15) is 22.8 Å². The molecule has 0 aromatic heterocycles. The molecule has 1 atom stereocenters. The molecule has 2 aromatic carbocycles. The molecule has 0 heterocycles. The first-order chi connectivity index (χ1) is 14.1. The van der Waals surface area contributed by atoms with Gasteiger partial charge in [-0.25, -0.2) is 0 Å². The highest BCUT2D eigenvalue weighted by atomic mass is 19.4. The van der Waals surface area contributed by atoms with Crippen LogP contribution in [0.1, 0.15) is 39.9 Å². The lowest BCUT2D eigenvalue weighted by atomic mass is 9.72. The minimum Gasteiger partial charge on any atom is -0.369 e. The minimum atomic E-state index is -4.42. The van der Waals surface area contributed by atoms with Gasteiger partial charge in [0, 0.05) is 5.56 Å². The zero-order valence-corrected chi connectivity index (χ0v) is 16.1. The highest BCUT2D eigenvalue weighted by Gasteiger charge is 2.36. The van der Waals surface area contributed by atoms with E-state index < -0.39 is 29.0 Å². The van der Waals surface area contributed by atoms with Crippen molar-refractivity contribution in [3.63, 3.8) is 0 Å². The highest BCUT2D eigenvalue weighted by Crippen LogP contribution is 2.40. The fourth-order valence-electron chi connectivity index (χ4n) is 3.59. The molecule has 2 amide bonds. The molecule has 0 saturated carbocycles. The summed E-state index contributed by atoms with van der Waals surface area (Å²) in [6, 6.07) is 11.8. The summed E-state index contributed by atoms with van der Waals surface area (Å²) in [6.07, 6.45) is 1.73. The number of carbonyl (C=O) groups is 2. The molecule has 0 spiro atoms. The van der Waals surface area contributed by atoms with Gasteiger partial charge in [-0.15, -0.1) is 0 Å². The molecule has 3 rings (SSSR count). The second kappa shape index (κ2) is 8.18. The van der Waals surface area contributed by atoms with E-state index in [1.807, 2.05) is 6.08 Å². The zero-order valence-electron chi connectivity index (χ0n) is 16.1. The second-order valence-electron chi connectivity index (χ2n) is 7.39. The van der Waals surface area contributed by atoms with Crippen molar-refractivity contribution in [1.29, 1.82) is 0 Å². The van der Waals surface area contributed by atoms with Crippen LogP contribution in [0.2, 0.25) is 0 Å². The molecule has 2 aromatic rings. The number of primary amides is 2. The fourth-order valence-corrected chi connectivity index (χ4v) is 3.59. The van der Waals surface area contributed by atoms with Crippen molar-refractivity contribution < 1.29 is 22.8 Å². The molecule has 0 radical (unpaired) electrons. The summed E-state index contributed by atoms with van der Waals surface area (Å²) in [5.74, 6) is -1.07. The molecule has 1 unspecified atom stereocenters. The lowest BCUT2D eigenvalue weighted by Gasteiger charge is -2.31. The van der Waals surface area contributed by atoms with Crippen LogP contribution in [0.15, 0.2) is 66.8 Å². The Kier molecular flexibility index (Phi) is 5.82. The molecule has 4 N–H and O–H groups in total. The van der Waals surface area contributed by atoms with Gasteiger partial charge >= 0.3 is 6.18 Å². The number of rotatable bonds is 6. The van der Waals surface area contributed by atoms with Crippen LogP contribution >= 0.6 is 0 Å². The maximum absolute atomic E-state index is 13.0. The normalized spacial score (nSPS) is 18.7. The van der Waals surface area contributed by atoms with Gasteiger partial charge in [-0.2, -0.15) is 13.2 Å². The molecular weight excluding hydrogens is 393 g/mol. The number of halogens is 3. The Morgan fingerprint density at radius 1 is 1.03 bits per heavy atom. The van der Waals surface area contributed by atoms with Crippen LogP contribution < -0.4 is 11.5 Å². The lowest BCUT2D eigenvalue weighted by molar-refractivity contribution is -0.137. The fraction of sp³-hybridized carbons (Fsp3) is 0.217. The molecule has 0 saturated heterocycles. The Labute approximate surface area is 172 Å². The third-order valence-corrected chi connectivity index (χ3v) is 5.36. The third kappa shape index (κ3) is 4.62. The van der Waals surface area contributed by atoms with E-state index in [0.29, 0.717) is 17.5 Å². The van der Waals surface area contributed by atoms with Crippen LogP contribution in [0.5, 0.6) is 0 Å². The Morgan fingerprint density at radius 3 is 2.33 bits per heavy atom. The van der Waals surface area contributed by atoms with E-state index in [-0.39, 0.29) is 12.8 Å². The molecule has 7 heteroatoms. The summed E-state index contributed by atoms with van der Waals surface area (Å²) < 4.78 is 38.9. The molecular formula is C23H21F3N2O2. The van der Waals surface area contributed by atoms with Gasteiger partial charge in [0.2, 0.25) is 11.8 Å². The minimum absolute atomic E-state index is 0.269. The molecule has 1 aliphatic rings. The van der Waals surface area contributed by atoms with E-state index in [1.165, 1.54) is 6.07 Å². The molecule has 0 aliphatic heterocycles. The number of aryl methyl sites for hydroxylation is 1. The molecule has 4 nitrogen and oxygen atoms in total. The number of alkyl halides is 3. The van der Waals surface area contributed by atoms with E-state index >= 15 is 0 Å². The van der Waals surface area contributed by atoms with Gasteiger partial charge in [0.25, 0.3) is 0 Å². The maximum Gasteiger partial charge on any atom is 0.416 e. The second-order valence-corrected chi connectivity index (χ2v) is 7.39. The quantitative estimate of drug-likeness (QED) is 0.740. The first-order valence-electron chi connectivity index (χ1n) is 9.35. The largest absolute Gasteiger partial charge is 0.416 e. The monoisotopic (exact) mass is 414 g/mol. The van der Waals surface area contributed by atoms with Gasteiger partial charge in [0.1, 0.15) is 0 Å². The van der Waals surface area contributed by atoms with Crippen LogP contribution in [0.3, 0.4) is 0 Å². The van der Waals surface area contributed by atoms with Crippen molar-refractivity contribution >= 4 is 17.4 Å². The maximum atomic E-state index is 13.0. The van der Waals surface area contributed by atoms with Crippen LogP contribution in [-0.2, 0) is 17.4 Å². The number of allylic oxidation sites excluding steroid dienone is 3. The standard InChI is InChI=1S/C23H21F3N2O2/c24-23(25,26)19-5-1-3-15(13-19)10-12-22(21(28)30)11-2-4-18(14-22)16-6-8-17(9-7-16)20(27)29/h1-9,11,13H,10,12,14H2,(H2,27,29)(H2,28,30). The Morgan fingerprint density at radius 2 is 1.73 bits per heavy atom. The number of hydrogen-bond donors (Lipinski definition) is 2.